The van der Waals surface area contributed by atoms with Gasteiger partial charge in [0.1, 0.15) is 0 Å². The first-order valence-electron chi connectivity index (χ1n) is 12.4. The minimum Gasteiger partial charge on any atom is -0.0996 e. The lowest BCUT2D eigenvalue weighted by Crippen LogP contribution is -2.29. The van der Waals surface area contributed by atoms with Gasteiger partial charge < -0.3 is 0 Å². The number of hydrogen-bond acceptors (Lipinski definition) is 0. The van der Waals surface area contributed by atoms with Crippen molar-refractivity contribution in [2.75, 3.05) is 0 Å². The molecular weight excluding hydrogens is 360 g/mol. The molecule has 0 saturated heterocycles. The van der Waals surface area contributed by atoms with Crippen LogP contribution in [0.3, 0.4) is 0 Å². The highest BCUT2D eigenvalue weighted by Crippen LogP contribution is 2.45. The Balaban J connectivity index is 2.29. The van der Waals surface area contributed by atoms with Gasteiger partial charge in [-0.15, -0.1) is 0 Å². The normalized spacial score (nSPS) is 20.4. The van der Waals surface area contributed by atoms with Crippen LogP contribution in [-0.4, -0.2) is 0 Å². The van der Waals surface area contributed by atoms with Gasteiger partial charge in [0.25, 0.3) is 0 Å². The molecule has 170 valence electrons. The van der Waals surface area contributed by atoms with Crippen LogP contribution in [0.4, 0.5) is 0 Å². The van der Waals surface area contributed by atoms with Crippen LogP contribution < -0.4 is 0 Å². The van der Waals surface area contributed by atoms with Crippen molar-refractivity contribution in [3.8, 4) is 0 Å². The Morgan fingerprint density at radius 2 is 1.30 bits per heavy atom. The maximum atomic E-state index is 4.39. The Morgan fingerprint density at radius 1 is 0.800 bits per heavy atom. The zero-order valence-electron chi connectivity index (χ0n) is 21.4. The summed E-state index contributed by atoms with van der Waals surface area (Å²) in [5.41, 5.74) is 7.99. The Hall–Kier alpha value is -1.30. The van der Waals surface area contributed by atoms with E-state index in [1.165, 1.54) is 92.9 Å². The molecule has 0 heteroatoms. The van der Waals surface area contributed by atoms with Crippen LogP contribution in [0, 0.1) is 11.3 Å². The van der Waals surface area contributed by atoms with Crippen molar-refractivity contribution in [3.63, 3.8) is 0 Å². The number of unbranched alkanes of at least 4 members (excludes halogenated alkanes) is 1. The van der Waals surface area contributed by atoms with E-state index in [1.807, 2.05) is 0 Å². The number of rotatable bonds is 12. The van der Waals surface area contributed by atoms with Gasteiger partial charge >= 0.3 is 0 Å². The topological polar surface area (TPSA) is 0 Å². The monoisotopic (exact) mass is 410 g/mol. The molecule has 30 heavy (non-hydrogen) atoms. The molecule has 0 unspecified atom stereocenters. The summed E-state index contributed by atoms with van der Waals surface area (Å²) in [5, 5.41) is 0. The molecule has 1 atom stereocenters. The van der Waals surface area contributed by atoms with E-state index >= 15 is 0 Å². The van der Waals surface area contributed by atoms with Gasteiger partial charge in [-0.1, -0.05) is 72.6 Å². The number of hydrogen-bond donors (Lipinski definition) is 0. The second kappa shape index (κ2) is 13.9. The Labute approximate surface area is 189 Å². The number of allylic oxidation sites excluding steroid dienone is 9. The maximum absolute atomic E-state index is 4.39. The molecule has 0 N–H and O–H groups in total. The van der Waals surface area contributed by atoms with Crippen LogP contribution in [0.15, 0.2) is 58.7 Å². The quantitative estimate of drug-likeness (QED) is 0.222. The Kier molecular flexibility index (Phi) is 12.4. The fourth-order valence-corrected chi connectivity index (χ4v) is 4.74. The summed E-state index contributed by atoms with van der Waals surface area (Å²) in [5.74, 6) is 0.704. The first-order valence-corrected chi connectivity index (χ1v) is 12.4. The molecule has 0 spiro atoms. The van der Waals surface area contributed by atoms with Crippen LogP contribution in [0.25, 0.3) is 0 Å². The molecule has 0 radical (unpaired) electrons. The Morgan fingerprint density at radius 3 is 1.83 bits per heavy atom. The second-order valence-electron chi connectivity index (χ2n) is 10.7. The molecule has 0 aromatic carbocycles. The van der Waals surface area contributed by atoms with Crippen molar-refractivity contribution in [2.24, 2.45) is 11.3 Å². The molecule has 1 rings (SSSR count). The molecule has 1 saturated carbocycles. The summed E-state index contributed by atoms with van der Waals surface area (Å²) in [6, 6.07) is 0. The van der Waals surface area contributed by atoms with Crippen molar-refractivity contribution >= 4 is 0 Å². The van der Waals surface area contributed by atoms with Crippen molar-refractivity contribution < 1.29 is 0 Å². The SMILES string of the molecule is C=C1CCCC(C)(C)[C@@H]1CC/C(C)=C/CC/C=C(\C)CC/C=C(\C)CCC=C(C)C. The van der Waals surface area contributed by atoms with Gasteiger partial charge in [-0.05, 0) is 117 Å². The van der Waals surface area contributed by atoms with Crippen LogP contribution >= 0.6 is 0 Å². The highest BCUT2D eigenvalue weighted by atomic mass is 14.4. The van der Waals surface area contributed by atoms with Crippen molar-refractivity contribution in [3.05, 3.63) is 58.7 Å². The summed E-state index contributed by atoms with van der Waals surface area (Å²) in [6.07, 6.45) is 23.2. The van der Waals surface area contributed by atoms with Crippen LogP contribution in [0.5, 0.6) is 0 Å². The fraction of sp³-hybridized carbons (Fsp3) is 0.667. The van der Waals surface area contributed by atoms with Crippen LogP contribution in [0.2, 0.25) is 0 Å². The largest absolute Gasteiger partial charge is 0.0996 e. The molecule has 0 bridgehead atoms. The molecule has 0 heterocycles. The lowest BCUT2D eigenvalue weighted by molar-refractivity contribution is 0.180. The van der Waals surface area contributed by atoms with Crippen molar-refractivity contribution in [2.45, 2.75) is 119 Å². The average molecular weight is 411 g/mol. The van der Waals surface area contributed by atoms with Gasteiger partial charge in [-0.2, -0.15) is 0 Å². The summed E-state index contributed by atoms with van der Waals surface area (Å²) in [7, 11) is 0. The van der Waals surface area contributed by atoms with E-state index in [9.17, 15) is 0 Å². The van der Waals surface area contributed by atoms with E-state index in [1.54, 1.807) is 5.57 Å². The molecule has 1 fully saturated rings. The summed E-state index contributed by atoms with van der Waals surface area (Å²) < 4.78 is 0. The minimum atomic E-state index is 0.438. The molecular formula is C30H50. The van der Waals surface area contributed by atoms with Gasteiger partial charge in [0.2, 0.25) is 0 Å². The molecule has 1 aliphatic rings. The third-order valence-electron chi connectivity index (χ3n) is 6.86. The Bertz CT molecular complexity index is 644. The minimum absolute atomic E-state index is 0.438. The maximum Gasteiger partial charge on any atom is -0.0152 e. The third kappa shape index (κ3) is 11.2. The highest BCUT2D eigenvalue weighted by Gasteiger charge is 2.33. The van der Waals surface area contributed by atoms with Crippen LogP contribution in [-0.2, 0) is 0 Å². The summed E-state index contributed by atoms with van der Waals surface area (Å²) in [6.45, 7) is 20.5. The molecule has 1 aliphatic carbocycles. The zero-order chi connectivity index (χ0) is 22.6. The molecule has 0 aliphatic heterocycles. The van der Waals surface area contributed by atoms with Gasteiger partial charge in [-0.25, -0.2) is 0 Å². The van der Waals surface area contributed by atoms with Crippen LogP contribution in [0.1, 0.15) is 119 Å². The summed E-state index contributed by atoms with van der Waals surface area (Å²) in [4.78, 5) is 0. The van der Waals surface area contributed by atoms with E-state index < -0.39 is 0 Å². The highest BCUT2D eigenvalue weighted by molar-refractivity contribution is 5.11. The molecule has 0 aromatic heterocycles. The average Bonchev–Trinajstić information content (AvgIpc) is 2.64. The third-order valence-corrected chi connectivity index (χ3v) is 6.86. The molecule has 0 amide bonds. The predicted molar refractivity (Wildman–Crippen MR) is 138 cm³/mol. The van der Waals surface area contributed by atoms with Gasteiger partial charge in [0.05, 0.1) is 0 Å². The first-order chi connectivity index (χ1) is 14.1. The second-order valence-corrected chi connectivity index (χ2v) is 10.7. The van der Waals surface area contributed by atoms with E-state index in [-0.39, 0.29) is 0 Å². The van der Waals surface area contributed by atoms with Gasteiger partial charge in [-0.3, -0.25) is 0 Å². The van der Waals surface area contributed by atoms with E-state index in [4.69, 9.17) is 0 Å². The van der Waals surface area contributed by atoms with E-state index in [0.29, 0.717) is 11.3 Å². The molecule has 0 nitrogen and oxygen atoms in total. The standard InChI is InChI=1S/C30H50/c1-24(2)14-11-17-26(4)19-12-18-25(3)15-9-10-16-27(5)21-22-29-28(6)20-13-23-30(29,7)8/h14-16,19,29H,6,9-13,17-18,20-23H2,1-5,7-8H3/b25-15+,26-19+,27-16+/t29-/m1/s1. The van der Waals surface area contributed by atoms with E-state index in [0.717, 1.165) is 0 Å². The summed E-state index contributed by atoms with van der Waals surface area (Å²) >= 11 is 0. The lowest BCUT2D eigenvalue weighted by Gasteiger charge is -2.40. The zero-order valence-corrected chi connectivity index (χ0v) is 21.4. The fourth-order valence-electron chi connectivity index (χ4n) is 4.74. The van der Waals surface area contributed by atoms with Crippen molar-refractivity contribution in [1.82, 2.24) is 0 Å². The smallest absolute Gasteiger partial charge is 0.0152 e. The van der Waals surface area contributed by atoms with Gasteiger partial charge in [0, 0.05) is 0 Å². The lowest BCUT2D eigenvalue weighted by atomic mass is 9.65. The van der Waals surface area contributed by atoms with Gasteiger partial charge in [0.15, 0.2) is 0 Å². The molecule has 0 aromatic rings. The predicted octanol–water partition coefficient (Wildman–Crippen LogP) is 10.3. The van der Waals surface area contributed by atoms with Crippen molar-refractivity contribution in [1.29, 1.82) is 0 Å². The van der Waals surface area contributed by atoms with E-state index in [2.05, 4.69) is 79.3 Å². The first kappa shape index (κ1) is 26.7.